The van der Waals surface area contributed by atoms with Gasteiger partial charge in [-0.15, -0.1) is 0 Å². The predicted octanol–water partition coefficient (Wildman–Crippen LogP) is 0.995. The van der Waals surface area contributed by atoms with Crippen LogP contribution in [0.5, 0.6) is 0 Å². The predicted molar refractivity (Wildman–Crippen MR) is 76.1 cm³/mol. The van der Waals surface area contributed by atoms with Crippen LogP contribution in [0.15, 0.2) is 4.90 Å². The first-order valence-electron chi connectivity index (χ1n) is 6.65. The highest BCUT2D eigenvalue weighted by Crippen LogP contribution is 2.23. The van der Waals surface area contributed by atoms with E-state index in [1.165, 1.54) is 0 Å². The van der Waals surface area contributed by atoms with Gasteiger partial charge < -0.3 is 5.32 Å². The molecule has 0 saturated heterocycles. The second kappa shape index (κ2) is 7.28. The minimum Gasteiger partial charge on any atom is -0.320 e. The molecule has 1 heterocycles. The van der Waals surface area contributed by atoms with Crippen molar-refractivity contribution in [1.29, 1.82) is 0 Å². The molecule has 0 saturated carbocycles. The molecular weight excluding hydrogens is 302 g/mol. The molecule has 1 N–H and O–H groups in total. The summed E-state index contributed by atoms with van der Waals surface area (Å²) in [5.41, 5.74) is 0.808. The van der Waals surface area contributed by atoms with Crippen LogP contribution in [-0.2, 0) is 16.6 Å². The normalized spacial score (nSPS) is 12.6. The lowest BCUT2D eigenvalue weighted by Gasteiger charge is -2.16. The van der Waals surface area contributed by atoms with Gasteiger partial charge in [-0.05, 0) is 33.9 Å². The van der Waals surface area contributed by atoms with Gasteiger partial charge in [-0.3, -0.25) is 4.68 Å². The van der Waals surface area contributed by atoms with E-state index in [4.69, 9.17) is 0 Å². The summed E-state index contributed by atoms with van der Waals surface area (Å²) in [7, 11) is -0.970. The summed E-state index contributed by atoms with van der Waals surface area (Å²) in [6.07, 6.45) is -1.92. The van der Waals surface area contributed by atoms with Crippen molar-refractivity contribution in [3.63, 3.8) is 0 Å². The number of aryl methyl sites for hydroxylation is 2. The number of aromatic nitrogens is 2. The Labute approximate surface area is 124 Å². The van der Waals surface area contributed by atoms with Gasteiger partial charge in [0, 0.05) is 13.6 Å². The monoisotopic (exact) mass is 324 g/mol. The van der Waals surface area contributed by atoms with Crippen molar-refractivity contribution >= 4 is 10.0 Å². The van der Waals surface area contributed by atoms with E-state index in [9.17, 15) is 17.2 Å². The molecule has 9 heteroatoms. The van der Waals surface area contributed by atoms with E-state index in [0.717, 1.165) is 20.0 Å². The summed E-state index contributed by atoms with van der Waals surface area (Å²) in [6, 6.07) is 0. The van der Waals surface area contributed by atoms with Gasteiger partial charge in [0.05, 0.1) is 17.9 Å². The highest BCUT2D eigenvalue weighted by atomic mass is 32.2. The zero-order valence-electron chi connectivity index (χ0n) is 12.7. The second-order valence-electron chi connectivity index (χ2n) is 4.86. The van der Waals surface area contributed by atoms with Gasteiger partial charge in [-0.2, -0.15) is 9.40 Å². The standard InChI is InChI=1S/C12H22F2N4O2S/c1-9-12(21(19,20)17(4)8-11(13)14)10(2)18(16-9)7-5-6-15-3/h11,15H,5-8H2,1-4H3. The maximum absolute atomic E-state index is 12.4. The van der Waals surface area contributed by atoms with Crippen molar-refractivity contribution in [2.24, 2.45) is 0 Å². The third-order valence-corrected chi connectivity index (χ3v) is 5.25. The highest BCUT2D eigenvalue weighted by Gasteiger charge is 2.30. The molecule has 0 aliphatic rings. The van der Waals surface area contributed by atoms with Crippen LogP contribution in [0.3, 0.4) is 0 Å². The zero-order chi connectivity index (χ0) is 16.2. The largest absolute Gasteiger partial charge is 0.320 e. The quantitative estimate of drug-likeness (QED) is 0.724. The van der Waals surface area contributed by atoms with E-state index in [1.807, 2.05) is 7.05 Å². The fourth-order valence-electron chi connectivity index (χ4n) is 2.13. The number of hydrogen-bond acceptors (Lipinski definition) is 4. The molecule has 1 aromatic heterocycles. The minimum absolute atomic E-state index is 0.0232. The Hall–Kier alpha value is -1.06. The van der Waals surface area contributed by atoms with Gasteiger partial charge in [-0.25, -0.2) is 17.2 Å². The molecule has 0 aliphatic carbocycles. The molecule has 122 valence electrons. The van der Waals surface area contributed by atoms with Crippen molar-refractivity contribution in [3.8, 4) is 0 Å². The fraction of sp³-hybridized carbons (Fsp3) is 0.750. The van der Waals surface area contributed by atoms with Gasteiger partial charge in [0.15, 0.2) is 0 Å². The van der Waals surface area contributed by atoms with E-state index in [2.05, 4.69) is 10.4 Å². The first-order valence-corrected chi connectivity index (χ1v) is 8.09. The van der Waals surface area contributed by atoms with Crippen molar-refractivity contribution in [2.45, 2.75) is 38.1 Å². The Morgan fingerprint density at radius 2 is 2.00 bits per heavy atom. The van der Waals surface area contributed by atoms with Crippen LogP contribution in [0.2, 0.25) is 0 Å². The molecule has 0 unspecified atom stereocenters. The maximum Gasteiger partial charge on any atom is 0.252 e. The Kier molecular flexibility index (Phi) is 6.24. The number of halogens is 2. The summed E-state index contributed by atoms with van der Waals surface area (Å²) >= 11 is 0. The van der Waals surface area contributed by atoms with Crippen molar-refractivity contribution in [1.82, 2.24) is 19.4 Å². The van der Waals surface area contributed by atoms with Gasteiger partial charge >= 0.3 is 0 Å². The summed E-state index contributed by atoms with van der Waals surface area (Å²) < 4.78 is 51.9. The molecule has 0 aliphatic heterocycles. The van der Waals surface area contributed by atoms with Crippen LogP contribution in [0.4, 0.5) is 8.78 Å². The second-order valence-corrected chi connectivity index (χ2v) is 6.84. The number of rotatable bonds is 8. The van der Waals surface area contributed by atoms with E-state index in [0.29, 0.717) is 22.2 Å². The van der Waals surface area contributed by atoms with Gasteiger partial charge in [0.2, 0.25) is 10.0 Å². The lowest BCUT2D eigenvalue weighted by Crippen LogP contribution is -2.32. The number of sulfonamides is 1. The van der Waals surface area contributed by atoms with E-state index in [1.54, 1.807) is 18.5 Å². The zero-order valence-corrected chi connectivity index (χ0v) is 13.5. The van der Waals surface area contributed by atoms with Crippen molar-refractivity contribution in [2.75, 3.05) is 27.2 Å². The Balaban J connectivity index is 3.07. The molecule has 0 fully saturated rings. The first-order chi connectivity index (χ1) is 9.71. The fourth-order valence-corrected chi connectivity index (χ4v) is 3.64. The SMILES string of the molecule is CNCCCn1nc(C)c(S(=O)(=O)N(C)CC(F)F)c1C. The topological polar surface area (TPSA) is 67.2 Å². The molecule has 6 nitrogen and oxygen atoms in total. The number of nitrogens with one attached hydrogen (secondary N) is 1. The molecule has 0 radical (unpaired) electrons. The summed E-state index contributed by atoms with van der Waals surface area (Å²) in [5.74, 6) is 0. The van der Waals surface area contributed by atoms with Crippen molar-refractivity contribution in [3.05, 3.63) is 11.4 Å². The molecule has 0 atom stereocenters. The van der Waals surface area contributed by atoms with Crippen LogP contribution in [0.25, 0.3) is 0 Å². The molecule has 0 bridgehead atoms. The van der Waals surface area contributed by atoms with Gasteiger partial charge in [0.25, 0.3) is 6.43 Å². The summed E-state index contributed by atoms with van der Waals surface area (Å²) in [6.45, 7) is 3.74. The van der Waals surface area contributed by atoms with Crippen molar-refractivity contribution < 1.29 is 17.2 Å². The third-order valence-electron chi connectivity index (χ3n) is 3.18. The lowest BCUT2D eigenvalue weighted by molar-refractivity contribution is 0.126. The number of alkyl halides is 2. The molecule has 21 heavy (non-hydrogen) atoms. The van der Waals surface area contributed by atoms with E-state index in [-0.39, 0.29) is 4.90 Å². The molecular formula is C12H22F2N4O2S. The summed E-state index contributed by atoms with van der Waals surface area (Å²) in [5, 5.41) is 7.20. The highest BCUT2D eigenvalue weighted by molar-refractivity contribution is 7.89. The average Bonchev–Trinajstić information content (AvgIpc) is 2.64. The number of nitrogens with zero attached hydrogens (tertiary/aromatic N) is 3. The minimum atomic E-state index is -3.95. The molecule has 1 rings (SSSR count). The molecule has 0 amide bonds. The van der Waals surface area contributed by atoms with Gasteiger partial charge in [0.1, 0.15) is 4.90 Å². The van der Waals surface area contributed by atoms with E-state index >= 15 is 0 Å². The maximum atomic E-state index is 12.4. The Bertz CT molecular complexity index is 572. The summed E-state index contributed by atoms with van der Waals surface area (Å²) in [4.78, 5) is 0.0232. The number of hydrogen-bond donors (Lipinski definition) is 1. The third kappa shape index (κ3) is 4.21. The van der Waals surface area contributed by atoms with Crippen LogP contribution in [-0.4, -0.2) is 56.1 Å². The van der Waals surface area contributed by atoms with Crippen LogP contribution in [0, 0.1) is 13.8 Å². The smallest absolute Gasteiger partial charge is 0.252 e. The van der Waals surface area contributed by atoms with Crippen LogP contribution < -0.4 is 5.32 Å². The van der Waals surface area contributed by atoms with Crippen LogP contribution in [0.1, 0.15) is 17.8 Å². The molecule has 0 spiro atoms. The lowest BCUT2D eigenvalue weighted by atomic mass is 10.4. The van der Waals surface area contributed by atoms with Gasteiger partial charge in [-0.1, -0.05) is 0 Å². The van der Waals surface area contributed by atoms with E-state index < -0.39 is 23.0 Å². The first kappa shape index (κ1) is 18.0. The average molecular weight is 324 g/mol. The van der Waals surface area contributed by atoms with Crippen LogP contribution >= 0.6 is 0 Å². The molecule has 1 aromatic rings. The Morgan fingerprint density at radius 3 is 2.52 bits per heavy atom. The molecule has 0 aromatic carbocycles. The Morgan fingerprint density at radius 1 is 1.38 bits per heavy atom.